The lowest BCUT2D eigenvalue weighted by Crippen LogP contribution is -2.00. The summed E-state index contributed by atoms with van der Waals surface area (Å²) in [5.41, 5.74) is 11.0. The summed E-state index contributed by atoms with van der Waals surface area (Å²) in [6, 6.07) is 9.99. The molecular weight excluding hydrogens is 210 g/mol. The van der Waals surface area contributed by atoms with Gasteiger partial charge in [0.25, 0.3) is 0 Å². The van der Waals surface area contributed by atoms with Crippen LogP contribution in [0.2, 0.25) is 0 Å². The SMILES string of the molecule is Cc1ccc(N)c(Nc2ccc(C)c(C)c2)n1. The van der Waals surface area contributed by atoms with Gasteiger partial charge in [-0.05, 0) is 56.2 Å². The highest BCUT2D eigenvalue weighted by atomic mass is 15.0. The molecule has 0 amide bonds. The molecule has 0 radical (unpaired) electrons. The smallest absolute Gasteiger partial charge is 0.153 e. The minimum atomic E-state index is 0.661. The van der Waals surface area contributed by atoms with Crippen LogP contribution in [0.25, 0.3) is 0 Å². The fourth-order valence-electron chi connectivity index (χ4n) is 1.62. The van der Waals surface area contributed by atoms with Crippen LogP contribution in [0.1, 0.15) is 16.8 Å². The van der Waals surface area contributed by atoms with E-state index in [2.05, 4.69) is 36.3 Å². The molecule has 3 N–H and O–H groups in total. The standard InChI is InChI=1S/C14H17N3/c1-9-4-6-12(8-10(9)2)17-14-13(15)7-5-11(3)16-14/h4-8H,15H2,1-3H3,(H,16,17). The van der Waals surface area contributed by atoms with Gasteiger partial charge in [-0.3, -0.25) is 0 Å². The van der Waals surface area contributed by atoms with Crippen molar-refractivity contribution in [2.75, 3.05) is 11.1 Å². The van der Waals surface area contributed by atoms with Gasteiger partial charge in [0.05, 0.1) is 5.69 Å². The molecule has 0 aliphatic rings. The molecule has 2 aromatic rings. The lowest BCUT2D eigenvalue weighted by Gasteiger charge is -2.10. The van der Waals surface area contributed by atoms with Crippen LogP contribution in [0.5, 0.6) is 0 Å². The third-order valence-electron chi connectivity index (χ3n) is 2.84. The van der Waals surface area contributed by atoms with E-state index in [-0.39, 0.29) is 0 Å². The Morgan fingerprint density at radius 2 is 1.76 bits per heavy atom. The number of nitrogens with two attached hydrogens (primary N) is 1. The van der Waals surface area contributed by atoms with Crippen LogP contribution in [-0.2, 0) is 0 Å². The normalized spacial score (nSPS) is 10.3. The maximum absolute atomic E-state index is 5.88. The number of anilines is 3. The molecule has 0 saturated heterocycles. The van der Waals surface area contributed by atoms with E-state index in [0.717, 1.165) is 11.4 Å². The van der Waals surface area contributed by atoms with E-state index in [1.165, 1.54) is 11.1 Å². The van der Waals surface area contributed by atoms with Crippen LogP contribution in [0.4, 0.5) is 17.2 Å². The highest BCUT2D eigenvalue weighted by Gasteiger charge is 2.02. The second-order valence-corrected chi connectivity index (χ2v) is 4.31. The summed E-state index contributed by atoms with van der Waals surface area (Å²) in [4.78, 5) is 4.38. The van der Waals surface area contributed by atoms with Crippen molar-refractivity contribution in [2.24, 2.45) is 0 Å². The monoisotopic (exact) mass is 227 g/mol. The van der Waals surface area contributed by atoms with Crippen LogP contribution in [0.15, 0.2) is 30.3 Å². The van der Waals surface area contributed by atoms with Crippen LogP contribution in [0, 0.1) is 20.8 Å². The lowest BCUT2D eigenvalue weighted by molar-refractivity contribution is 1.20. The summed E-state index contributed by atoms with van der Waals surface area (Å²) in [5, 5.41) is 3.24. The second-order valence-electron chi connectivity index (χ2n) is 4.31. The number of hydrogen-bond acceptors (Lipinski definition) is 3. The van der Waals surface area contributed by atoms with E-state index in [1.807, 2.05) is 25.1 Å². The fourth-order valence-corrected chi connectivity index (χ4v) is 1.62. The predicted molar refractivity (Wildman–Crippen MR) is 72.6 cm³/mol. The molecule has 1 heterocycles. The molecule has 88 valence electrons. The van der Waals surface area contributed by atoms with Crippen molar-refractivity contribution in [3.8, 4) is 0 Å². The Balaban J connectivity index is 2.31. The first-order valence-corrected chi connectivity index (χ1v) is 5.63. The molecule has 0 aliphatic heterocycles. The quantitative estimate of drug-likeness (QED) is 0.827. The number of aryl methyl sites for hydroxylation is 3. The number of hydrogen-bond donors (Lipinski definition) is 2. The molecular formula is C14H17N3. The number of pyridine rings is 1. The zero-order valence-electron chi connectivity index (χ0n) is 10.4. The Morgan fingerprint density at radius 3 is 2.47 bits per heavy atom. The Labute approximate surface area is 102 Å². The van der Waals surface area contributed by atoms with Gasteiger partial charge in [-0.2, -0.15) is 0 Å². The summed E-state index contributed by atoms with van der Waals surface area (Å²) in [6.07, 6.45) is 0. The van der Waals surface area contributed by atoms with Crippen molar-refractivity contribution in [3.63, 3.8) is 0 Å². The van der Waals surface area contributed by atoms with Crippen molar-refractivity contribution in [1.29, 1.82) is 0 Å². The van der Waals surface area contributed by atoms with Crippen LogP contribution in [0.3, 0.4) is 0 Å². The number of nitrogen functional groups attached to an aromatic ring is 1. The maximum atomic E-state index is 5.88. The minimum absolute atomic E-state index is 0.661. The minimum Gasteiger partial charge on any atom is -0.396 e. The molecule has 3 nitrogen and oxygen atoms in total. The van der Waals surface area contributed by atoms with Gasteiger partial charge in [0.15, 0.2) is 5.82 Å². The Bertz CT molecular complexity index is 547. The number of rotatable bonds is 2. The van der Waals surface area contributed by atoms with Crippen molar-refractivity contribution in [1.82, 2.24) is 4.98 Å². The maximum Gasteiger partial charge on any atom is 0.153 e. The zero-order valence-corrected chi connectivity index (χ0v) is 10.4. The topological polar surface area (TPSA) is 50.9 Å². The molecule has 0 fully saturated rings. The van der Waals surface area contributed by atoms with E-state index < -0.39 is 0 Å². The molecule has 0 bridgehead atoms. The van der Waals surface area contributed by atoms with Crippen molar-refractivity contribution in [2.45, 2.75) is 20.8 Å². The molecule has 1 aromatic heterocycles. The van der Waals surface area contributed by atoms with E-state index in [1.54, 1.807) is 0 Å². The molecule has 0 spiro atoms. The third-order valence-corrected chi connectivity index (χ3v) is 2.84. The van der Waals surface area contributed by atoms with Crippen LogP contribution >= 0.6 is 0 Å². The molecule has 1 aromatic carbocycles. The van der Waals surface area contributed by atoms with Gasteiger partial charge in [-0.15, -0.1) is 0 Å². The van der Waals surface area contributed by atoms with Gasteiger partial charge in [0, 0.05) is 11.4 Å². The molecule has 3 heteroatoms. The largest absolute Gasteiger partial charge is 0.396 e. The van der Waals surface area contributed by atoms with Gasteiger partial charge in [0.1, 0.15) is 0 Å². The van der Waals surface area contributed by atoms with Gasteiger partial charge in [0.2, 0.25) is 0 Å². The summed E-state index contributed by atoms with van der Waals surface area (Å²) >= 11 is 0. The number of benzene rings is 1. The first-order valence-electron chi connectivity index (χ1n) is 5.63. The van der Waals surface area contributed by atoms with Gasteiger partial charge in [-0.1, -0.05) is 6.07 Å². The van der Waals surface area contributed by atoms with Gasteiger partial charge in [-0.25, -0.2) is 4.98 Å². The average Bonchev–Trinajstić information content (AvgIpc) is 2.29. The molecule has 0 saturated carbocycles. The third kappa shape index (κ3) is 2.56. The first-order chi connectivity index (χ1) is 8.06. The van der Waals surface area contributed by atoms with E-state index in [0.29, 0.717) is 11.5 Å². The molecule has 0 atom stereocenters. The van der Waals surface area contributed by atoms with Gasteiger partial charge >= 0.3 is 0 Å². The number of nitrogens with zero attached hydrogens (tertiary/aromatic N) is 1. The molecule has 0 unspecified atom stereocenters. The highest BCUT2D eigenvalue weighted by Crippen LogP contribution is 2.22. The van der Waals surface area contributed by atoms with Crippen LogP contribution < -0.4 is 11.1 Å². The Hall–Kier alpha value is -2.03. The second kappa shape index (κ2) is 4.45. The first kappa shape index (κ1) is 11.5. The van der Waals surface area contributed by atoms with E-state index >= 15 is 0 Å². The Morgan fingerprint density at radius 1 is 1.00 bits per heavy atom. The number of nitrogens with one attached hydrogen (secondary N) is 1. The Kier molecular flexibility index (Phi) is 3.00. The summed E-state index contributed by atoms with van der Waals surface area (Å²) in [7, 11) is 0. The average molecular weight is 227 g/mol. The predicted octanol–water partition coefficient (Wildman–Crippen LogP) is 3.33. The molecule has 0 aliphatic carbocycles. The summed E-state index contributed by atoms with van der Waals surface area (Å²) in [5.74, 6) is 0.716. The summed E-state index contributed by atoms with van der Waals surface area (Å²) < 4.78 is 0. The molecule has 17 heavy (non-hydrogen) atoms. The fraction of sp³-hybridized carbons (Fsp3) is 0.214. The number of aromatic nitrogens is 1. The van der Waals surface area contributed by atoms with Crippen LogP contribution in [-0.4, -0.2) is 4.98 Å². The molecule has 2 rings (SSSR count). The van der Waals surface area contributed by atoms with Gasteiger partial charge < -0.3 is 11.1 Å². The van der Waals surface area contributed by atoms with Crippen molar-refractivity contribution >= 4 is 17.2 Å². The van der Waals surface area contributed by atoms with E-state index in [4.69, 9.17) is 5.73 Å². The summed E-state index contributed by atoms with van der Waals surface area (Å²) in [6.45, 7) is 6.14. The lowest BCUT2D eigenvalue weighted by atomic mass is 10.1. The highest BCUT2D eigenvalue weighted by molar-refractivity contribution is 5.69. The van der Waals surface area contributed by atoms with Crippen molar-refractivity contribution in [3.05, 3.63) is 47.2 Å². The van der Waals surface area contributed by atoms with E-state index in [9.17, 15) is 0 Å². The van der Waals surface area contributed by atoms with Crippen molar-refractivity contribution < 1.29 is 0 Å². The zero-order chi connectivity index (χ0) is 12.4.